The van der Waals surface area contributed by atoms with E-state index in [9.17, 15) is 0 Å². The van der Waals surface area contributed by atoms with Gasteiger partial charge in [0, 0.05) is 13.7 Å². The Morgan fingerprint density at radius 1 is 1.56 bits per heavy atom. The third kappa shape index (κ3) is 2.75. The van der Waals surface area contributed by atoms with Crippen LogP contribution in [-0.4, -0.2) is 42.5 Å². The van der Waals surface area contributed by atoms with Gasteiger partial charge in [0.1, 0.15) is 6.07 Å². The summed E-state index contributed by atoms with van der Waals surface area (Å²) in [7, 11) is 1.73. The van der Waals surface area contributed by atoms with Gasteiger partial charge in [-0.2, -0.15) is 10.4 Å². The third-order valence-electron chi connectivity index (χ3n) is 3.37. The number of aromatic nitrogens is 2. The van der Waals surface area contributed by atoms with Crippen LogP contribution in [0.5, 0.6) is 0 Å². The van der Waals surface area contributed by atoms with E-state index in [0.717, 1.165) is 25.9 Å². The number of methoxy groups -OCH3 is 1. The SMILES string of the molecule is COC1(CNc2nnccc2C#N)CCNCC1. The van der Waals surface area contributed by atoms with Crippen LogP contribution in [-0.2, 0) is 4.74 Å². The van der Waals surface area contributed by atoms with Crippen molar-refractivity contribution in [2.75, 3.05) is 32.1 Å². The fourth-order valence-electron chi connectivity index (χ4n) is 2.13. The predicted molar refractivity (Wildman–Crippen MR) is 67.1 cm³/mol. The highest BCUT2D eigenvalue weighted by molar-refractivity contribution is 5.50. The van der Waals surface area contributed by atoms with Crippen LogP contribution < -0.4 is 10.6 Å². The molecule has 2 N–H and O–H groups in total. The molecule has 6 nitrogen and oxygen atoms in total. The Kier molecular flexibility index (Phi) is 4.07. The van der Waals surface area contributed by atoms with Gasteiger partial charge in [0.05, 0.1) is 17.4 Å². The number of hydrogen-bond donors (Lipinski definition) is 2. The van der Waals surface area contributed by atoms with Crippen molar-refractivity contribution in [2.24, 2.45) is 0 Å². The summed E-state index contributed by atoms with van der Waals surface area (Å²) in [5.74, 6) is 0.523. The van der Waals surface area contributed by atoms with Gasteiger partial charge in [-0.1, -0.05) is 0 Å². The quantitative estimate of drug-likeness (QED) is 0.807. The van der Waals surface area contributed by atoms with Gasteiger partial charge in [-0.05, 0) is 32.0 Å². The van der Waals surface area contributed by atoms with Crippen LogP contribution in [0.4, 0.5) is 5.82 Å². The molecule has 1 aliphatic rings. The van der Waals surface area contributed by atoms with Crippen LogP contribution in [0.3, 0.4) is 0 Å². The molecule has 96 valence electrons. The lowest BCUT2D eigenvalue weighted by atomic mass is 9.92. The molecule has 18 heavy (non-hydrogen) atoms. The van der Waals surface area contributed by atoms with Gasteiger partial charge in [-0.25, -0.2) is 0 Å². The molecule has 6 heteroatoms. The van der Waals surface area contributed by atoms with Crippen LogP contribution in [0.1, 0.15) is 18.4 Å². The highest BCUT2D eigenvalue weighted by Gasteiger charge is 2.31. The molecule has 0 atom stereocenters. The van der Waals surface area contributed by atoms with E-state index in [2.05, 4.69) is 26.9 Å². The Hall–Kier alpha value is -1.71. The molecule has 0 amide bonds. The van der Waals surface area contributed by atoms with Crippen LogP contribution in [0.15, 0.2) is 12.3 Å². The Morgan fingerprint density at radius 2 is 2.33 bits per heavy atom. The van der Waals surface area contributed by atoms with E-state index in [1.165, 1.54) is 6.20 Å². The van der Waals surface area contributed by atoms with E-state index < -0.39 is 0 Å². The largest absolute Gasteiger partial charge is 0.376 e. The maximum Gasteiger partial charge on any atom is 0.166 e. The molecule has 0 saturated carbocycles. The standard InChI is InChI=1S/C12H17N5O/c1-18-12(3-6-14-7-4-12)9-15-11-10(8-13)2-5-16-17-11/h2,5,14H,3-4,6-7,9H2,1H3,(H,15,17). The summed E-state index contributed by atoms with van der Waals surface area (Å²) in [6.45, 7) is 2.53. The molecule has 1 aromatic rings. The van der Waals surface area contributed by atoms with Gasteiger partial charge in [-0.15, -0.1) is 5.10 Å². The van der Waals surface area contributed by atoms with Gasteiger partial charge in [0.2, 0.25) is 0 Å². The van der Waals surface area contributed by atoms with Crippen LogP contribution in [0.2, 0.25) is 0 Å². The lowest BCUT2D eigenvalue weighted by Gasteiger charge is -2.36. The predicted octanol–water partition coefficient (Wildman–Crippen LogP) is 0.529. The topological polar surface area (TPSA) is 82.9 Å². The molecule has 2 rings (SSSR count). The molecule has 1 fully saturated rings. The van der Waals surface area contributed by atoms with E-state index in [-0.39, 0.29) is 5.60 Å². The van der Waals surface area contributed by atoms with Crippen molar-refractivity contribution in [3.63, 3.8) is 0 Å². The van der Waals surface area contributed by atoms with Crippen LogP contribution in [0.25, 0.3) is 0 Å². The van der Waals surface area contributed by atoms with E-state index >= 15 is 0 Å². The van der Waals surface area contributed by atoms with Gasteiger partial charge in [0.15, 0.2) is 5.82 Å². The first kappa shape index (κ1) is 12.7. The number of nitrogens with zero attached hydrogens (tertiary/aromatic N) is 3. The minimum Gasteiger partial charge on any atom is -0.376 e. The van der Waals surface area contributed by atoms with E-state index in [1.54, 1.807) is 13.2 Å². The first-order chi connectivity index (χ1) is 8.79. The van der Waals surface area contributed by atoms with Crippen molar-refractivity contribution in [2.45, 2.75) is 18.4 Å². The fourth-order valence-corrected chi connectivity index (χ4v) is 2.13. The average molecular weight is 247 g/mol. The number of nitriles is 1. The van der Waals surface area contributed by atoms with Crippen molar-refractivity contribution in [3.8, 4) is 6.07 Å². The second kappa shape index (κ2) is 5.76. The van der Waals surface area contributed by atoms with E-state index in [4.69, 9.17) is 10.00 Å². The summed E-state index contributed by atoms with van der Waals surface area (Å²) < 4.78 is 5.64. The fraction of sp³-hybridized carbons (Fsp3) is 0.583. The van der Waals surface area contributed by atoms with E-state index in [0.29, 0.717) is 17.9 Å². The summed E-state index contributed by atoms with van der Waals surface area (Å²) in [5.41, 5.74) is 0.320. The van der Waals surface area contributed by atoms with Crippen molar-refractivity contribution in [1.29, 1.82) is 5.26 Å². The highest BCUT2D eigenvalue weighted by atomic mass is 16.5. The second-order valence-electron chi connectivity index (χ2n) is 4.40. The molecule has 0 aliphatic carbocycles. The molecule has 0 radical (unpaired) electrons. The number of rotatable bonds is 4. The Balaban J connectivity index is 2.03. The monoisotopic (exact) mass is 247 g/mol. The molecule has 1 saturated heterocycles. The lowest BCUT2D eigenvalue weighted by molar-refractivity contribution is -0.0227. The smallest absolute Gasteiger partial charge is 0.166 e. The van der Waals surface area contributed by atoms with Crippen molar-refractivity contribution in [1.82, 2.24) is 15.5 Å². The molecule has 0 spiro atoms. The summed E-state index contributed by atoms with van der Waals surface area (Å²) in [4.78, 5) is 0. The molecule has 1 aromatic heterocycles. The average Bonchev–Trinajstić information content (AvgIpc) is 2.46. The number of anilines is 1. The minimum absolute atomic E-state index is 0.185. The zero-order valence-corrected chi connectivity index (χ0v) is 10.4. The van der Waals surface area contributed by atoms with Crippen LogP contribution in [0, 0.1) is 11.3 Å². The van der Waals surface area contributed by atoms with Gasteiger partial charge in [-0.3, -0.25) is 0 Å². The number of piperidine rings is 1. The highest BCUT2D eigenvalue weighted by Crippen LogP contribution is 2.23. The molecule has 0 bridgehead atoms. The van der Waals surface area contributed by atoms with Gasteiger partial charge < -0.3 is 15.4 Å². The number of nitrogens with one attached hydrogen (secondary N) is 2. The molecule has 0 aromatic carbocycles. The first-order valence-corrected chi connectivity index (χ1v) is 6.01. The molecule has 2 heterocycles. The first-order valence-electron chi connectivity index (χ1n) is 6.01. The van der Waals surface area contributed by atoms with Crippen molar-refractivity contribution in [3.05, 3.63) is 17.8 Å². The second-order valence-corrected chi connectivity index (χ2v) is 4.40. The Bertz CT molecular complexity index is 436. The Labute approximate surface area is 106 Å². The van der Waals surface area contributed by atoms with Gasteiger partial charge in [0.25, 0.3) is 0 Å². The summed E-state index contributed by atoms with van der Waals surface area (Å²) in [5, 5.41) is 23.2. The summed E-state index contributed by atoms with van der Waals surface area (Å²) in [6, 6.07) is 3.75. The van der Waals surface area contributed by atoms with Crippen LogP contribution >= 0.6 is 0 Å². The molecular formula is C12H17N5O. The van der Waals surface area contributed by atoms with Crippen molar-refractivity contribution < 1.29 is 4.74 Å². The summed E-state index contributed by atoms with van der Waals surface area (Å²) >= 11 is 0. The normalized spacial score (nSPS) is 18.0. The Morgan fingerprint density at radius 3 is 3.00 bits per heavy atom. The lowest BCUT2D eigenvalue weighted by Crippen LogP contribution is -2.48. The zero-order valence-electron chi connectivity index (χ0n) is 10.4. The number of hydrogen-bond acceptors (Lipinski definition) is 6. The van der Waals surface area contributed by atoms with Crippen molar-refractivity contribution >= 4 is 5.82 Å². The molecular weight excluding hydrogens is 230 g/mol. The van der Waals surface area contributed by atoms with E-state index in [1.807, 2.05) is 0 Å². The molecule has 1 aliphatic heterocycles. The summed E-state index contributed by atoms with van der Waals surface area (Å²) in [6.07, 6.45) is 3.40. The van der Waals surface area contributed by atoms with Gasteiger partial charge >= 0.3 is 0 Å². The number of ether oxygens (including phenoxy) is 1. The maximum absolute atomic E-state index is 8.98. The zero-order chi connectivity index (χ0) is 12.8. The maximum atomic E-state index is 8.98. The third-order valence-corrected chi connectivity index (χ3v) is 3.37. The molecule has 0 unspecified atom stereocenters. The minimum atomic E-state index is -0.185.